The van der Waals surface area contributed by atoms with E-state index in [2.05, 4.69) is 5.32 Å². The number of thiophene rings is 1. The summed E-state index contributed by atoms with van der Waals surface area (Å²) < 4.78 is 27.5. The van der Waals surface area contributed by atoms with Crippen LogP contribution in [0, 0.1) is 18.8 Å². The molecule has 3 atom stereocenters. The lowest BCUT2D eigenvalue weighted by atomic mass is 9.84. The molecule has 1 aliphatic carbocycles. The summed E-state index contributed by atoms with van der Waals surface area (Å²) >= 11 is 1.29. The Morgan fingerprint density at radius 2 is 2.04 bits per heavy atom. The van der Waals surface area contributed by atoms with E-state index in [-0.39, 0.29) is 24.4 Å². The predicted molar refractivity (Wildman–Crippen MR) is 103 cm³/mol. The molecule has 6 nitrogen and oxygen atoms in total. The van der Waals surface area contributed by atoms with Gasteiger partial charge in [0, 0.05) is 24.0 Å². The second-order valence-corrected chi connectivity index (χ2v) is 10.9. The summed E-state index contributed by atoms with van der Waals surface area (Å²) in [6.45, 7) is 3.24. The number of piperidine rings is 1. The van der Waals surface area contributed by atoms with Crippen molar-refractivity contribution in [1.82, 2.24) is 9.62 Å². The standard InChI is InChI=1S/C18H29N3O3S2/c1-13-8-9-17(25-13)26(23,24)21-10-4-6-15(12-21)18(22)20-16-7-3-2-5-14(16)11-19/h8-9,14-16H,2-7,10-12,19H2,1H3,(H,20,22). The number of amides is 1. The summed E-state index contributed by atoms with van der Waals surface area (Å²) in [5.74, 6) is 0.0442. The molecule has 8 heteroatoms. The van der Waals surface area contributed by atoms with Gasteiger partial charge < -0.3 is 11.1 Å². The quantitative estimate of drug-likeness (QED) is 0.793. The highest BCUT2D eigenvalue weighted by atomic mass is 32.2. The lowest BCUT2D eigenvalue weighted by molar-refractivity contribution is -0.127. The van der Waals surface area contributed by atoms with E-state index in [1.165, 1.54) is 22.1 Å². The van der Waals surface area contributed by atoms with E-state index in [9.17, 15) is 13.2 Å². The molecule has 1 saturated heterocycles. The summed E-state index contributed by atoms with van der Waals surface area (Å²) in [4.78, 5) is 13.7. The van der Waals surface area contributed by atoms with Crippen molar-refractivity contribution in [3.63, 3.8) is 0 Å². The van der Waals surface area contributed by atoms with E-state index < -0.39 is 10.0 Å². The van der Waals surface area contributed by atoms with Gasteiger partial charge in [-0.3, -0.25) is 4.79 Å². The van der Waals surface area contributed by atoms with Gasteiger partial charge in [0.25, 0.3) is 10.0 Å². The first kappa shape index (κ1) is 19.8. The molecule has 3 rings (SSSR count). The number of nitrogens with two attached hydrogens (primary N) is 1. The Morgan fingerprint density at radius 1 is 1.27 bits per heavy atom. The van der Waals surface area contributed by atoms with Crippen LogP contribution in [0.4, 0.5) is 0 Å². The molecule has 1 aliphatic heterocycles. The molecule has 0 bridgehead atoms. The molecule has 1 aromatic rings. The van der Waals surface area contributed by atoms with Gasteiger partial charge in [-0.15, -0.1) is 11.3 Å². The molecule has 1 saturated carbocycles. The normalized spacial score (nSPS) is 28.0. The van der Waals surface area contributed by atoms with Gasteiger partial charge in [-0.2, -0.15) is 4.31 Å². The highest BCUT2D eigenvalue weighted by molar-refractivity contribution is 7.91. The van der Waals surface area contributed by atoms with Gasteiger partial charge in [0.15, 0.2) is 0 Å². The number of carbonyl (C=O) groups is 1. The zero-order chi connectivity index (χ0) is 18.7. The molecule has 2 aliphatic rings. The van der Waals surface area contributed by atoms with Crippen LogP contribution in [0.5, 0.6) is 0 Å². The molecule has 2 heterocycles. The lowest BCUT2D eigenvalue weighted by Crippen LogP contribution is -2.50. The fourth-order valence-electron chi connectivity index (χ4n) is 4.03. The monoisotopic (exact) mass is 399 g/mol. The van der Waals surface area contributed by atoms with Crippen molar-refractivity contribution >= 4 is 27.3 Å². The highest BCUT2D eigenvalue weighted by Crippen LogP contribution is 2.29. The summed E-state index contributed by atoms with van der Waals surface area (Å²) in [6, 6.07) is 3.61. The molecule has 3 unspecified atom stereocenters. The van der Waals surface area contributed by atoms with E-state index in [1.54, 1.807) is 6.07 Å². The zero-order valence-electron chi connectivity index (χ0n) is 15.3. The number of sulfonamides is 1. The van der Waals surface area contributed by atoms with Gasteiger partial charge in [-0.25, -0.2) is 8.42 Å². The van der Waals surface area contributed by atoms with E-state index in [1.807, 2.05) is 13.0 Å². The number of carbonyl (C=O) groups excluding carboxylic acids is 1. The highest BCUT2D eigenvalue weighted by Gasteiger charge is 2.35. The SMILES string of the molecule is Cc1ccc(S(=O)(=O)N2CCCC(C(=O)NC3CCCCC3CN)C2)s1. The van der Waals surface area contributed by atoms with Gasteiger partial charge in [-0.05, 0) is 57.2 Å². The van der Waals surface area contributed by atoms with Crippen LogP contribution >= 0.6 is 11.3 Å². The van der Waals surface area contributed by atoms with E-state index in [4.69, 9.17) is 5.73 Å². The van der Waals surface area contributed by atoms with Crippen LogP contribution in [0.1, 0.15) is 43.4 Å². The summed E-state index contributed by atoms with van der Waals surface area (Å²) in [5.41, 5.74) is 5.86. The van der Waals surface area contributed by atoms with Crippen LogP contribution in [-0.4, -0.2) is 44.3 Å². The second-order valence-electron chi connectivity index (χ2n) is 7.46. The molecule has 1 amide bonds. The van der Waals surface area contributed by atoms with Gasteiger partial charge in [0.1, 0.15) is 4.21 Å². The van der Waals surface area contributed by atoms with Gasteiger partial charge in [0.05, 0.1) is 5.92 Å². The zero-order valence-corrected chi connectivity index (χ0v) is 16.9. The van der Waals surface area contributed by atoms with Gasteiger partial charge in [0.2, 0.25) is 5.91 Å². The Balaban J connectivity index is 1.65. The minimum absolute atomic E-state index is 0.0161. The van der Waals surface area contributed by atoms with Crippen molar-refractivity contribution in [3.05, 3.63) is 17.0 Å². The van der Waals surface area contributed by atoms with Gasteiger partial charge in [-0.1, -0.05) is 12.8 Å². The van der Waals surface area contributed by atoms with Crippen molar-refractivity contribution in [3.8, 4) is 0 Å². The summed E-state index contributed by atoms with van der Waals surface area (Å²) in [6.07, 6.45) is 5.77. The van der Waals surface area contributed by atoms with E-state index >= 15 is 0 Å². The molecule has 146 valence electrons. The average molecular weight is 400 g/mol. The lowest BCUT2D eigenvalue weighted by Gasteiger charge is -2.35. The first-order valence-corrected chi connectivity index (χ1v) is 11.7. The first-order valence-electron chi connectivity index (χ1n) is 9.49. The Morgan fingerprint density at radius 3 is 2.73 bits per heavy atom. The molecule has 3 N–H and O–H groups in total. The minimum atomic E-state index is -3.50. The molecule has 0 radical (unpaired) electrons. The Hall–Kier alpha value is -0.960. The first-order chi connectivity index (χ1) is 12.4. The second kappa shape index (κ2) is 8.37. The third kappa shape index (κ3) is 4.30. The van der Waals surface area contributed by atoms with E-state index in [0.29, 0.717) is 29.6 Å². The maximum absolute atomic E-state index is 12.8. The topological polar surface area (TPSA) is 92.5 Å². The van der Waals surface area contributed by atoms with Crippen LogP contribution < -0.4 is 11.1 Å². The number of nitrogens with zero attached hydrogens (tertiary/aromatic N) is 1. The summed E-state index contributed by atoms with van der Waals surface area (Å²) in [5, 5.41) is 3.17. The van der Waals surface area contributed by atoms with Crippen LogP contribution in [0.15, 0.2) is 16.3 Å². The Kier molecular flexibility index (Phi) is 6.37. The van der Waals surface area contributed by atoms with E-state index in [0.717, 1.165) is 30.6 Å². The predicted octanol–water partition coefficient (Wildman–Crippen LogP) is 2.09. The Labute approximate surface area is 160 Å². The number of hydrogen-bond donors (Lipinski definition) is 2. The average Bonchev–Trinajstić information content (AvgIpc) is 3.09. The molecule has 1 aromatic heterocycles. The Bertz CT molecular complexity index is 732. The number of nitrogens with one attached hydrogen (secondary N) is 1. The molecule has 26 heavy (non-hydrogen) atoms. The maximum Gasteiger partial charge on any atom is 0.252 e. The minimum Gasteiger partial charge on any atom is -0.353 e. The van der Waals surface area contributed by atoms with Crippen LogP contribution in [0.2, 0.25) is 0 Å². The number of hydrogen-bond acceptors (Lipinski definition) is 5. The van der Waals surface area contributed by atoms with Crippen molar-refractivity contribution in [1.29, 1.82) is 0 Å². The third-order valence-electron chi connectivity index (χ3n) is 5.60. The van der Waals surface area contributed by atoms with Crippen molar-refractivity contribution in [2.75, 3.05) is 19.6 Å². The maximum atomic E-state index is 12.8. The van der Waals surface area contributed by atoms with Crippen molar-refractivity contribution in [2.24, 2.45) is 17.6 Å². The van der Waals surface area contributed by atoms with Crippen LogP contribution in [0.3, 0.4) is 0 Å². The fourth-order valence-corrected chi connectivity index (χ4v) is 6.99. The summed E-state index contributed by atoms with van der Waals surface area (Å²) in [7, 11) is -3.50. The molecule has 2 fully saturated rings. The van der Waals surface area contributed by atoms with Crippen LogP contribution in [0.25, 0.3) is 0 Å². The largest absolute Gasteiger partial charge is 0.353 e. The van der Waals surface area contributed by atoms with Crippen molar-refractivity contribution < 1.29 is 13.2 Å². The molecular formula is C18H29N3O3S2. The molecule has 0 aromatic carbocycles. The molecular weight excluding hydrogens is 370 g/mol. The number of aryl methyl sites for hydroxylation is 1. The fraction of sp³-hybridized carbons (Fsp3) is 0.722. The van der Waals surface area contributed by atoms with Crippen LogP contribution in [-0.2, 0) is 14.8 Å². The van der Waals surface area contributed by atoms with Gasteiger partial charge >= 0.3 is 0 Å². The van der Waals surface area contributed by atoms with Crippen molar-refractivity contribution in [2.45, 2.75) is 55.7 Å². The molecule has 0 spiro atoms. The third-order valence-corrected chi connectivity index (χ3v) is 8.94. The number of rotatable bonds is 5. The smallest absolute Gasteiger partial charge is 0.252 e.